The van der Waals surface area contributed by atoms with Crippen LogP contribution in [0.2, 0.25) is 0 Å². The predicted molar refractivity (Wildman–Crippen MR) is 66.8 cm³/mol. The Morgan fingerprint density at radius 2 is 2.12 bits per heavy atom. The number of allylic oxidation sites excluding steroid dienone is 2. The molecule has 2 rings (SSSR count). The molecule has 0 unspecified atom stereocenters. The van der Waals surface area contributed by atoms with Crippen molar-refractivity contribution in [2.75, 3.05) is 0 Å². The maximum absolute atomic E-state index is 10.9. The molecule has 1 aromatic heterocycles. The van der Waals surface area contributed by atoms with E-state index in [4.69, 9.17) is 0 Å². The van der Waals surface area contributed by atoms with E-state index in [1.807, 2.05) is 30.5 Å². The van der Waals surface area contributed by atoms with Crippen molar-refractivity contribution < 1.29 is 4.79 Å². The molecule has 0 aliphatic carbocycles. The lowest BCUT2D eigenvalue weighted by Crippen LogP contribution is -1.93. The van der Waals surface area contributed by atoms with E-state index >= 15 is 0 Å². The number of rotatable bonds is 3. The second kappa shape index (κ2) is 4.35. The largest absolute Gasteiger partial charge is 0.344 e. The molecule has 0 radical (unpaired) electrons. The van der Waals surface area contributed by atoms with E-state index in [0.717, 1.165) is 29.3 Å². The molecule has 0 atom stereocenters. The Balaban J connectivity index is 2.49. The van der Waals surface area contributed by atoms with Gasteiger partial charge in [-0.2, -0.15) is 0 Å². The lowest BCUT2D eigenvalue weighted by atomic mass is 10.1. The first-order valence-corrected chi connectivity index (χ1v) is 5.39. The van der Waals surface area contributed by atoms with Crippen LogP contribution in [0.5, 0.6) is 0 Å². The average Bonchev–Trinajstić information content (AvgIpc) is 2.69. The standard InChI is InChI=1S/C14H15NO/c1-11(2)6-8-15-9-7-13-12(10-16)4-3-5-14(13)15/h3-7,9-10H,8H2,1-2H3. The van der Waals surface area contributed by atoms with Crippen LogP contribution in [-0.4, -0.2) is 10.9 Å². The van der Waals surface area contributed by atoms with Gasteiger partial charge in [0.2, 0.25) is 0 Å². The van der Waals surface area contributed by atoms with Crippen LogP contribution in [0.3, 0.4) is 0 Å². The molecule has 0 spiro atoms. The lowest BCUT2D eigenvalue weighted by Gasteiger charge is -2.02. The van der Waals surface area contributed by atoms with Gasteiger partial charge in [-0.05, 0) is 26.0 Å². The fraction of sp³-hybridized carbons (Fsp3) is 0.214. The molecule has 0 aliphatic rings. The lowest BCUT2D eigenvalue weighted by molar-refractivity contribution is 0.112. The highest BCUT2D eigenvalue weighted by molar-refractivity contribution is 5.97. The second-order valence-corrected chi connectivity index (χ2v) is 4.15. The van der Waals surface area contributed by atoms with Crippen LogP contribution in [0.15, 0.2) is 42.1 Å². The Kier molecular flexibility index (Phi) is 2.91. The van der Waals surface area contributed by atoms with E-state index in [1.165, 1.54) is 5.57 Å². The highest BCUT2D eigenvalue weighted by Gasteiger charge is 2.03. The minimum absolute atomic E-state index is 0.758. The molecule has 16 heavy (non-hydrogen) atoms. The Bertz CT molecular complexity index is 545. The smallest absolute Gasteiger partial charge is 0.150 e. The monoisotopic (exact) mass is 213 g/mol. The quantitative estimate of drug-likeness (QED) is 0.565. The molecule has 0 saturated carbocycles. The molecular formula is C14H15NO. The van der Waals surface area contributed by atoms with Crippen LogP contribution in [-0.2, 0) is 6.54 Å². The fourth-order valence-corrected chi connectivity index (χ4v) is 1.79. The topological polar surface area (TPSA) is 22.0 Å². The van der Waals surface area contributed by atoms with Gasteiger partial charge in [-0.1, -0.05) is 23.8 Å². The molecule has 0 fully saturated rings. The number of aldehydes is 1. The van der Waals surface area contributed by atoms with Gasteiger partial charge in [0.25, 0.3) is 0 Å². The molecule has 1 heterocycles. The summed E-state index contributed by atoms with van der Waals surface area (Å²) in [4.78, 5) is 10.9. The maximum atomic E-state index is 10.9. The van der Waals surface area contributed by atoms with Gasteiger partial charge < -0.3 is 4.57 Å². The van der Waals surface area contributed by atoms with Crippen molar-refractivity contribution in [2.24, 2.45) is 0 Å². The second-order valence-electron chi connectivity index (χ2n) is 4.15. The van der Waals surface area contributed by atoms with E-state index in [9.17, 15) is 4.79 Å². The minimum Gasteiger partial charge on any atom is -0.344 e. The third kappa shape index (κ3) is 1.91. The highest BCUT2D eigenvalue weighted by Crippen LogP contribution is 2.19. The van der Waals surface area contributed by atoms with E-state index in [1.54, 1.807) is 0 Å². The van der Waals surface area contributed by atoms with Crippen LogP contribution in [0.1, 0.15) is 24.2 Å². The van der Waals surface area contributed by atoms with Crippen LogP contribution >= 0.6 is 0 Å². The van der Waals surface area contributed by atoms with Crippen molar-refractivity contribution in [2.45, 2.75) is 20.4 Å². The molecule has 0 N–H and O–H groups in total. The van der Waals surface area contributed by atoms with Crippen molar-refractivity contribution in [1.29, 1.82) is 0 Å². The van der Waals surface area contributed by atoms with Crippen LogP contribution in [0.25, 0.3) is 10.9 Å². The summed E-state index contributed by atoms with van der Waals surface area (Å²) in [6.07, 6.45) is 5.11. The molecule has 2 nitrogen and oxygen atoms in total. The van der Waals surface area contributed by atoms with Crippen molar-refractivity contribution in [3.05, 3.63) is 47.7 Å². The number of fused-ring (bicyclic) bond motifs is 1. The fourth-order valence-electron chi connectivity index (χ4n) is 1.79. The zero-order valence-corrected chi connectivity index (χ0v) is 9.60. The number of nitrogens with zero attached hydrogens (tertiary/aromatic N) is 1. The van der Waals surface area contributed by atoms with E-state index in [-0.39, 0.29) is 0 Å². The zero-order valence-electron chi connectivity index (χ0n) is 9.60. The summed E-state index contributed by atoms with van der Waals surface area (Å²) in [7, 11) is 0. The van der Waals surface area contributed by atoms with Gasteiger partial charge >= 0.3 is 0 Å². The Morgan fingerprint density at radius 3 is 2.81 bits per heavy atom. The van der Waals surface area contributed by atoms with E-state index < -0.39 is 0 Å². The zero-order chi connectivity index (χ0) is 11.5. The van der Waals surface area contributed by atoms with Crippen molar-refractivity contribution >= 4 is 17.2 Å². The molecule has 2 heteroatoms. The van der Waals surface area contributed by atoms with Crippen LogP contribution in [0, 0.1) is 0 Å². The number of aromatic nitrogens is 1. The minimum atomic E-state index is 0.758. The van der Waals surface area contributed by atoms with Crippen LogP contribution in [0.4, 0.5) is 0 Å². The number of carbonyl (C=O) groups excluding carboxylic acids is 1. The Morgan fingerprint density at radius 1 is 1.31 bits per heavy atom. The van der Waals surface area contributed by atoms with Crippen molar-refractivity contribution in [3.63, 3.8) is 0 Å². The van der Waals surface area contributed by atoms with Gasteiger partial charge in [0.05, 0.1) is 0 Å². The molecule has 1 aromatic carbocycles. The third-order valence-corrected chi connectivity index (χ3v) is 2.67. The van der Waals surface area contributed by atoms with Gasteiger partial charge in [-0.15, -0.1) is 0 Å². The first-order chi connectivity index (χ1) is 7.72. The van der Waals surface area contributed by atoms with Crippen molar-refractivity contribution in [1.82, 2.24) is 4.57 Å². The summed E-state index contributed by atoms with van der Waals surface area (Å²) in [5.74, 6) is 0. The van der Waals surface area contributed by atoms with Gasteiger partial charge in [-0.25, -0.2) is 0 Å². The summed E-state index contributed by atoms with van der Waals surface area (Å²) in [6.45, 7) is 5.03. The van der Waals surface area contributed by atoms with Gasteiger partial charge in [-0.3, -0.25) is 4.79 Å². The van der Waals surface area contributed by atoms with Gasteiger partial charge in [0.1, 0.15) is 0 Å². The normalized spacial score (nSPS) is 10.4. The first kappa shape index (κ1) is 10.7. The molecule has 0 aliphatic heterocycles. The number of carbonyl (C=O) groups is 1. The summed E-state index contributed by atoms with van der Waals surface area (Å²) in [5.41, 5.74) is 3.17. The molecular weight excluding hydrogens is 198 g/mol. The van der Waals surface area contributed by atoms with Crippen molar-refractivity contribution in [3.8, 4) is 0 Å². The highest BCUT2D eigenvalue weighted by atomic mass is 16.1. The average molecular weight is 213 g/mol. The Hall–Kier alpha value is -1.83. The third-order valence-electron chi connectivity index (χ3n) is 2.67. The first-order valence-electron chi connectivity index (χ1n) is 5.39. The molecule has 82 valence electrons. The van der Waals surface area contributed by atoms with Crippen LogP contribution < -0.4 is 0 Å². The maximum Gasteiger partial charge on any atom is 0.150 e. The van der Waals surface area contributed by atoms with E-state index in [2.05, 4.69) is 24.5 Å². The molecule has 0 bridgehead atoms. The summed E-state index contributed by atoms with van der Waals surface area (Å²) < 4.78 is 2.15. The molecule has 0 saturated heterocycles. The van der Waals surface area contributed by atoms with E-state index in [0.29, 0.717) is 0 Å². The number of benzene rings is 1. The summed E-state index contributed by atoms with van der Waals surface area (Å²) in [5, 5.41) is 1.03. The molecule has 2 aromatic rings. The van der Waals surface area contributed by atoms with Gasteiger partial charge in [0, 0.05) is 29.2 Å². The number of hydrogen-bond donors (Lipinski definition) is 0. The van der Waals surface area contributed by atoms with Gasteiger partial charge in [0.15, 0.2) is 6.29 Å². The molecule has 0 amide bonds. The summed E-state index contributed by atoms with van der Waals surface area (Å²) >= 11 is 0. The Labute approximate surface area is 95.2 Å². The summed E-state index contributed by atoms with van der Waals surface area (Å²) in [6, 6.07) is 7.81. The SMILES string of the molecule is CC(C)=CCn1ccc2c(C=O)cccc21. The number of hydrogen-bond acceptors (Lipinski definition) is 1. The predicted octanol–water partition coefficient (Wildman–Crippen LogP) is 3.42.